The second kappa shape index (κ2) is 6.33. The van der Waals surface area contributed by atoms with E-state index in [1.165, 1.54) is 0 Å². The smallest absolute Gasteiger partial charge is 0.254 e. The van der Waals surface area contributed by atoms with Crippen LogP contribution in [0.3, 0.4) is 0 Å². The summed E-state index contributed by atoms with van der Waals surface area (Å²) in [5.74, 6) is -0.180. The van der Waals surface area contributed by atoms with E-state index in [-0.39, 0.29) is 18.4 Å². The average molecular weight is 348 g/mol. The molecule has 2 heterocycles. The molecule has 0 spiro atoms. The van der Waals surface area contributed by atoms with Crippen LogP contribution in [-0.4, -0.2) is 36.3 Å². The first kappa shape index (κ1) is 16.4. The summed E-state index contributed by atoms with van der Waals surface area (Å²) in [7, 11) is 0. The Bertz CT molecular complexity index is 985. The molecular weight excluding hydrogens is 328 g/mol. The Morgan fingerprint density at radius 2 is 1.77 bits per heavy atom. The Morgan fingerprint density at radius 1 is 1.00 bits per heavy atom. The van der Waals surface area contributed by atoms with Gasteiger partial charge in [0.25, 0.3) is 5.91 Å². The first-order valence-corrected chi connectivity index (χ1v) is 8.66. The highest BCUT2D eigenvalue weighted by molar-refractivity contribution is 6.03. The summed E-state index contributed by atoms with van der Waals surface area (Å²) in [6, 6.07) is 13.3. The molecule has 0 radical (unpaired) electrons. The van der Waals surface area contributed by atoms with Crippen LogP contribution in [0.1, 0.15) is 21.5 Å². The molecule has 0 N–H and O–H groups in total. The molecule has 0 unspecified atom stereocenters. The zero-order valence-corrected chi connectivity index (χ0v) is 14.9. The molecule has 1 aromatic heterocycles. The number of nitrogens with zero attached hydrogens (tertiary/aromatic N) is 2. The van der Waals surface area contributed by atoms with Crippen molar-refractivity contribution >= 4 is 28.5 Å². The molecular formula is C21H20N2O3. The number of hydrogen-bond donors (Lipinski definition) is 0. The minimum absolute atomic E-state index is 0.0565. The quantitative estimate of drug-likeness (QED) is 0.712. The van der Waals surface area contributed by atoms with Gasteiger partial charge in [-0.3, -0.25) is 9.59 Å². The number of carbonyl (C=O) groups excluding carboxylic acids is 2. The maximum Gasteiger partial charge on any atom is 0.254 e. The van der Waals surface area contributed by atoms with Crippen molar-refractivity contribution in [2.24, 2.45) is 0 Å². The van der Waals surface area contributed by atoms with Crippen molar-refractivity contribution in [3.05, 3.63) is 65.4 Å². The Labute approximate surface area is 151 Å². The molecule has 5 nitrogen and oxygen atoms in total. The van der Waals surface area contributed by atoms with Gasteiger partial charge in [-0.2, -0.15) is 0 Å². The number of piperazine rings is 1. The van der Waals surface area contributed by atoms with Crippen LogP contribution in [-0.2, 0) is 4.79 Å². The Balaban J connectivity index is 1.52. The number of hydrogen-bond acceptors (Lipinski definition) is 3. The Hall–Kier alpha value is -3.08. The highest BCUT2D eigenvalue weighted by atomic mass is 16.3. The van der Waals surface area contributed by atoms with Gasteiger partial charge in [-0.25, -0.2) is 0 Å². The van der Waals surface area contributed by atoms with E-state index in [0.717, 1.165) is 27.8 Å². The summed E-state index contributed by atoms with van der Waals surface area (Å²) in [4.78, 5) is 28.8. The lowest BCUT2D eigenvalue weighted by atomic mass is 10.1. The molecule has 4 rings (SSSR count). The van der Waals surface area contributed by atoms with Crippen LogP contribution in [0.4, 0.5) is 5.69 Å². The Morgan fingerprint density at radius 3 is 2.50 bits per heavy atom. The van der Waals surface area contributed by atoms with E-state index >= 15 is 0 Å². The summed E-state index contributed by atoms with van der Waals surface area (Å²) >= 11 is 0. The predicted octanol–water partition coefficient (Wildman–Crippen LogP) is 3.54. The van der Waals surface area contributed by atoms with Crippen LogP contribution >= 0.6 is 0 Å². The molecule has 132 valence electrons. The van der Waals surface area contributed by atoms with E-state index in [1.54, 1.807) is 28.2 Å². The van der Waals surface area contributed by atoms with E-state index in [0.29, 0.717) is 18.7 Å². The van der Waals surface area contributed by atoms with Gasteiger partial charge in [-0.15, -0.1) is 0 Å². The zero-order valence-electron chi connectivity index (χ0n) is 14.9. The van der Waals surface area contributed by atoms with Crippen molar-refractivity contribution in [2.75, 3.05) is 24.5 Å². The molecule has 0 atom stereocenters. The van der Waals surface area contributed by atoms with Gasteiger partial charge < -0.3 is 14.2 Å². The largest absolute Gasteiger partial charge is 0.464 e. The fourth-order valence-electron chi connectivity index (χ4n) is 3.51. The van der Waals surface area contributed by atoms with Crippen LogP contribution in [0.15, 0.2) is 53.1 Å². The van der Waals surface area contributed by atoms with Crippen molar-refractivity contribution < 1.29 is 14.0 Å². The van der Waals surface area contributed by atoms with Crippen molar-refractivity contribution in [3.63, 3.8) is 0 Å². The summed E-state index contributed by atoms with van der Waals surface area (Å²) in [6.45, 7) is 5.15. The number of aryl methyl sites for hydroxylation is 2. The van der Waals surface area contributed by atoms with Crippen molar-refractivity contribution in [3.8, 4) is 0 Å². The number of amides is 2. The van der Waals surface area contributed by atoms with Gasteiger partial charge in [0.05, 0.1) is 6.26 Å². The standard InChI is InChI=1S/C21H20N2O3/c1-14-9-15(2)11-18(10-14)23-7-6-22(13-20(23)24)21(25)17-3-4-19-16(12-17)5-8-26-19/h3-5,8-12H,6-7,13H2,1-2H3. The van der Waals surface area contributed by atoms with Crippen molar-refractivity contribution in [1.82, 2.24) is 4.90 Å². The number of anilines is 1. The highest BCUT2D eigenvalue weighted by Crippen LogP contribution is 2.23. The van der Waals surface area contributed by atoms with E-state index in [9.17, 15) is 9.59 Å². The van der Waals surface area contributed by atoms with Crippen LogP contribution in [0.25, 0.3) is 11.0 Å². The molecule has 5 heteroatoms. The van der Waals surface area contributed by atoms with Gasteiger partial charge >= 0.3 is 0 Å². The second-order valence-electron chi connectivity index (χ2n) is 6.79. The van der Waals surface area contributed by atoms with E-state index < -0.39 is 0 Å². The number of carbonyl (C=O) groups is 2. The number of rotatable bonds is 2. The average Bonchev–Trinajstić information content (AvgIpc) is 3.07. The first-order chi connectivity index (χ1) is 12.5. The molecule has 26 heavy (non-hydrogen) atoms. The van der Waals surface area contributed by atoms with E-state index in [4.69, 9.17) is 4.42 Å². The third kappa shape index (κ3) is 2.96. The lowest BCUT2D eigenvalue weighted by Gasteiger charge is -2.34. The zero-order chi connectivity index (χ0) is 18.3. The summed E-state index contributed by atoms with van der Waals surface area (Å²) < 4.78 is 5.31. The molecule has 1 aliphatic heterocycles. The third-order valence-corrected chi connectivity index (χ3v) is 4.73. The predicted molar refractivity (Wildman–Crippen MR) is 100 cm³/mol. The minimum Gasteiger partial charge on any atom is -0.464 e. The third-order valence-electron chi connectivity index (χ3n) is 4.73. The van der Waals surface area contributed by atoms with Crippen LogP contribution in [0.2, 0.25) is 0 Å². The minimum atomic E-state index is -0.124. The molecule has 0 aliphatic carbocycles. The Kier molecular flexibility index (Phi) is 3.99. The molecule has 1 fully saturated rings. The molecule has 1 aliphatic rings. The fraction of sp³-hybridized carbons (Fsp3) is 0.238. The maximum absolute atomic E-state index is 12.8. The van der Waals surface area contributed by atoms with Crippen LogP contribution in [0, 0.1) is 13.8 Å². The van der Waals surface area contributed by atoms with Gasteiger partial charge in [0.1, 0.15) is 12.1 Å². The summed E-state index contributed by atoms with van der Waals surface area (Å²) in [6.07, 6.45) is 1.60. The molecule has 0 saturated carbocycles. The normalized spacial score (nSPS) is 14.9. The SMILES string of the molecule is Cc1cc(C)cc(N2CCN(C(=O)c3ccc4occc4c3)CC2=O)c1. The van der Waals surface area contributed by atoms with Crippen LogP contribution < -0.4 is 4.90 Å². The molecule has 2 amide bonds. The van der Waals surface area contributed by atoms with Crippen LogP contribution in [0.5, 0.6) is 0 Å². The number of fused-ring (bicyclic) bond motifs is 1. The summed E-state index contributed by atoms with van der Waals surface area (Å²) in [5, 5.41) is 0.885. The van der Waals surface area contributed by atoms with E-state index in [1.807, 2.05) is 38.1 Å². The number of furan rings is 1. The van der Waals surface area contributed by atoms with Crippen molar-refractivity contribution in [1.29, 1.82) is 0 Å². The lowest BCUT2D eigenvalue weighted by molar-refractivity contribution is -0.120. The molecule has 0 bridgehead atoms. The monoisotopic (exact) mass is 348 g/mol. The fourth-order valence-corrected chi connectivity index (χ4v) is 3.51. The highest BCUT2D eigenvalue weighted by Gasteiger charge is 2.29. The van der Waals surface area contributed by atoms with E-state index in [2.05, 4.69) is 6.07 Å². The van der Waals surface area contributed by atoms with Gasteiger partial charge in [-0.1, -0.05) is 6.07 Å². The van der Waals surface area contributed by atoms with Gasteiger partial charge in [0.15, 0.2) is 0 Å². The maximum atomic E-state index is 12.8. The summed E-state index contributed by atoms with van der Waals surface area (Å²) in [5.41, 5.74) is 4.47. The first-order valence-electron chi connectivity index (χ1n) is 8.66. The number of benzene rings is 2. The second-order valence-corrected chi connectivity index (χ2v) is 6.79. The molecule has 1 saturated heterocycles. The van der Waals surface area contributed by atoms with Gasteiger partial charge in [-0.05, 0) is 61.4 Å². The van der Waals surface area contributed by atoms with Gasteiger partial charge in [0.2, 0.25) is 5.91 Å². The van der Waals surface area contributed by atoms with Crippen molar-refractivity contribution in [2.45, 2.75) is 13.8 Å². The molecule has 2 aromatic carbocycles. The topological polar surface area (TPSA) is 53.8 Å². The lowest BCUT2D eigenvalue weighted by Crippen LogP contribution is -2.52. The van der Waals surface area contributed by atoms with Gasteiger partial charge in [0, 0.05) is 29.7 Å². The molecule has 3 aromatic rings.